The number of hydrogen-bond acceptors (Lipinski definition) is 7. The Kier molecular flexibility index (Phi) is 6.63. The van der Waals surface area contributed by atoms with Crippen molar-refractivity contribution in [1.29, 1.82) is 0 Å². The van der Waals surface area contributed by atoms with Crippen molar-refractivity contribution in [3.8, 4) is 34.3 Å². The van der Waals surface area contributed by atoms with Crippen molar-refractivity contribution in [2.24, 2.45) is 0 Å². The molecule has 35 heavy (non-hydrogen) atoms. The number of carbonyl (C=O) groups is 1. The fraction of sp³-hybridized carbons (Fsp3) is 0.200. The Bertz CT molecular complexity index is 1440. The first-order chi connectivity index (χ1) is 16.8. The van der Waals surface area contributed by atoms with E-state index in [1.165, 1.54) is 43.1 Å². The van der Waals surface area contributed by atoms with Gasteiger partial charge in [0.1, 0.15) is 29.4 Å². The SMILES string of the molecule is COc1ccc(OC)c(NC(=O)Cn2c(C)cc(C)c(-c3nc(-c4ccc(F)cc4)no3)c2=O)c1. The normalized spacial score (nSPS) is 10.8. The highest BCUT2D eigenvalue weighted by molar-refractivity contribution is 5.92. The second-order valence-electron chi connectivity index (χ2n) is 7.78. The van der Waals surface area contributed by atoms with Gasteiger partial charge in [0.05, 0.1) is 19.9 Å². The molecule has 2 heterocycles. The number of nitrogens with zero attached hydrogens (tertiary/aromatic N) is 3. The average molecular weight is 478 g/mol. The summed E-state index contributed by atoms with van der Waals surface area (Å²) in [6.45, 7) is 3.23. The van der Waals surface area contributed by atoms with E-state index in [2.05, 4.69) is 15.5 Å². The Morgan fingerprint density at radius 3 is 2.51 bits per heavy atom. The summed E-state index contributed by atoms with van der Waals surface area (Å²) in [5, 5.41) is 6.67. The van der Waals surface area contributed by atoms with E-state index in [1.807, 2.05) is 0 Å². The maximum absolute atomic E-state index is 13.4. The number of aryl methyl sites for hydroxylation is 2. The number of hydrogen-bond donors (Lipinski definition) is 1. The lowest BCUT2D eigenvalue weighted by atomic mass is 10.1. The zero-order valence-corrected chi connectivity index (χ0v) is 19.6. The molecule has 0 aliphatic rings. The molecule has 0 aliphatic heterocycles. The summed E-state index contributed by atoms with van der Waals surface area (Å²) in [7, 11) is 3.01. The molecule has 1 N–H and O–H groups in total. The average Bonchev–Trinajstić information content (AvgIpc) is 3.31. The summed E-state index contributed by atoms with van der Waals surface area (Å²) in [6.07, 6.45) is 0. The van der Waals surface area contributed by atoms with Crippen molar-refractivity contribution in [2.45, 2.75) is 20.4 Å². The van der Waals surface area contributed by atoms with E-state index in [1.54, 1.807) is 38.1 Å². The lowest BCUT2D eigenvalue weighted by Gasteiger charge is -2.15. The van der Waals surface area contributed by atoms with E-state index in [0.717, 1.165) is 0 Å². The van der Waals surface area contributed by atoms with E-state index in [-0.39, 0.29) is 29.6 Å². The second-order valence-corrected chi connectivity index (χ2v) is 7.78. The fourth-order valence-corrected chi connectivity index (χ4v) is 3.67. The molecule has 0 bridgehead atoms. The highest BCUT2D eigenvalue weighted by atomic mass is 19.1. The first-order valence-electron chi connectivity index (χ1n) is 10.6. The minimum Gasteiger partial charge on any atom is -0.497 e. The molecule has 9 nitrogen and oxygen atoms in total. The van der Waals surface area contributed by atoms with Crippen LogP contribution in [0.3, 0.4) is 0 Å². The van der Waals surface area contributed by atoms with Crippen LogP contribution in [-0.4, -0.2) is 34.8 Å². The highest BCUT2D eigenvalue weighted by Gasteiger charge is 2.21. The first kappa shape index (κ1) is 23.7. The van der Waals surface area contributed by atoms with Crippen LogP contribution in [-0.2, 0) is 11.3 Å². The summed E-state index contributed by atoms with van der Waals surface area (Å²) in [6, 6.07) is 12.4. The number of methoxy groups -OCH3 is 2. The van der Waals surface area contributed by atoms with Crippen LogP contribution in [0.2, 0.25) is 0 Å². The van der Waals surface area contributed by atoms with Crippen LogP contribution in [0.4, 0.5) is 10.1 Å². The second kappa shape index (κ2) is 9.80. The molecule has 2 aromatic heterocycles. The van der Waals surface area contributed by atoms with Crippen molar-refractivity contribution in [2.75, 3.05) is 19.5 Å². The monoisotopic (exact) mass is 478 g/mol. The number of pyridine rings is 1. The van der Waals surface area contributed by atoms with Crippen LogP contribution < -0.4 is 20.3 Å². The summed E-state index contributed by atoms with van der Waals surface area (Å²) in [5.74, 6) is 0.394. The third-order valence-corrected chi connectivity index (χ3v) is 5.43. The number of amides is 1. The van der Waals surface area contributed by atoms with Gasteiger partial charge in [-0.25, -0.2) is 4.39 Å². The lowest BCUT2D eigenvalue weighted by Crippen LogP contribution is -2.30. The van der Waals surface area contributed by atoms with E-state index < -0.39 is 11.5 Å². The van der Waals surface area contributed by atoms with E-state index in [4.69, 9.17) is 14.0 Å². The predicted molar refractivity (Wildman–Crippen MR) is 127 cm³/mol. The number of ether oxygens (including phenoxy) is 2. The van der Waals surface area contributed by atoms with Crippen LogP contribution in [0, 0.1) is 19.7 Å². The van der Waals surface area contributed by atoms with Gasteiger partial charge in [0.15, 0.2) is 0 Å². The van der Waals surface area contributed by atoms with Crippen LogP contribution >= 0.6 is 0 Å². The van der Waals surface area contributed by atoms with Crippen LogP contribution in [0.1, 0.15) is 11.3 Å². The molecule has 0 unspecified atom stereocenters. The van der Waals surface area contributed by atoms with Gasteiger partial charge in [-0.1, -0.05) is 5.16 Å². The number of nitrogens with one attached hydrogen (secondary N) is 1. The summed E-state index contributed by atoms with van der Waals surface area (Å²) >= 11 is 0. The van der Waals surface area contributed by atoms with Crippen molar-refractivity contribution >= 4 is 11.6 Å². The molecular weight excluding hydrogens is 455 g/mol. The molecule has 0 aliphatic carbocycles. The molecule has 10 heteroatoms. The summed E-state index contributed by atoms with van der Waals surface area (Å²) in [4.78, 5) is 30.5. The third-order valence-electron chi connectivity index (χ3n) is 5.43. The van der Waals surface area contributed by atoms with Gasteiger partial charge < -0.3 is 23.9 Å². The minimum absolute atomic E-state index is 0.00967. The van der Waals surface area contributed by atoms with Gasteiger partial charge in [-0.3, -0.25) is 9.59 Å². The number of carbonyl (C=O) groups excluding carboxylic acids is 1. The molecule has 0 saturated carbocycles. The van der Waals surface area contributed by atoms with Crippen molar-refractivity contribution in [3.05, 3.63) is 76.0 Å². The summed E-state index contributed by atoms with van der Waals surface area (Å²) in [5.41, 5.74) is 1.89. The smallest absolute Gasteiger partial charge is 0.264 e. The van der Waals surface area contributed by atoms with Crippen LogP contribution in [0.15, 0.2) is 57.8 Å². The third kappa shape index (κ3) is 4.91. The van der Waals surface area contributed by atoms with Crippen molar-refractivity contribution in [3.63, 3.8) is 0 Å². The first-order valence-corrected chi connectivity index (χ1v) is 10.6. The molecule has 4 rings (SSSR count). The molecule has 180 valence electrons. The Labute approximate surface area is 200 Å². The topological polar surface area (TPSA) is 108 Å². The lowest BCUT2D eigenvalue weighted by molar-refractivity contribution is -0.116. The quantitative estimate of drug-likeness (QED) is 0.428. The Balaban J connectivity index is 1.64. The zero-order chi connectivity index (χ0) is 25.1. The zero-order valence-electron chi connectivity index (χ0n) is 19.6. The van der Waals surface area contributed by atoms with Gasteiger partial charge in [-0.15, -0.1) is 0 Å². The van der Waals surface area contributed by atoms with Gasteiger partial charge in [0.2, 0.25) is 11.7 Å². The Hall–Kier alpha value is -4.47. The fourth-order valence-electron chi connectivity index (χ4n) is 3.67. The summed E-state index contributed by atoms with van der Waals surface area (Å²) < 4.78 is 30.4. The van der Waals surface area contributed by atoms with Crippen LogP contribution in [0.25, 0.3) is 22.8 Å². The van der Waals surface area contributed by atoms with E-state index >= 15 is 0 Å². The molecule has 4 aromatic rings. The molecule has 0 radical (unpaired) electrons. The number of anilines is 1. The highest BCUT2D eigenvalue weighted by Crippen LogP contribution is 2.29. The predicted octanol–water partition coefficient (Wildman–Crippen LogP) is 3.98. The minimum atomic E-state index is -0.454. The molecule has 0 fully saturated rings. The van der Waals surface area contributed by atoms with Gasteiger partial charge in [-0.2, -0.15) is 4.98 Å². The van der Waals surface area contributed by atoms with Gasteiger partial charge in [0.25, 0.3) is 11.4 Å². The van der Waals surface area contributed by atoms with Gasteiger partial charge >= 0.3 is 0 Å². The van der Waals surface area contributed by atoms with Crippen LogP contribution in [0.5, 0.6) is 11.5 Å². The largest absolute Gasteiger partial charge is 0.497 e. The molecule has 0 atom stereocenters. The molecular formula is C25H23FN4O5. The Morgan fingerprint density at radius 2 is 1.83 bits per heavy atom. The molecule has 1 amide bonds. The number of rotatable bonds is 7. The number of halogens is 1. The maximum Gasteiger partial charge on any atom is 0.264 e. The maximum atomic E-state index is 13.4. The van der Waals surface area contributed by atoms with E-state index in [9.17, 15) is 14.0 Å². The standard InChI is InChI=1S/C25H23FN4O5/c1-14-11-15(2)30(13-21(31)27-19-12-18(33-3)9-10-20(19)34-4)25(32)22(14)24-28-23(29-35-24)16-5-7-17(26)8-6-16/h5-12H,13H2,1-4H3,(H,27,31). The van der Waals surface area contributed by atoms with Crippen molar-refractivity contribution in [1.82, 2.24) is 14.7 Å². The number of benzene rings is 2. The molecule has 0 spiro atoms. The Morgan fingerprint density at radius 1 is 1.09 bits per heavy atom. The van der Waals surface area contributed by atoms with Gasteiger partial charge in [-0.05, 0) is 61.9 Å². The van der Waals surface area contributed by atoms with Crippen molar-refractivity contribution < 1.29 is 23.2 Å². The number of aromatic nitrogens is 3. The molecule has 0 saturated heterocycles. The molecule has 2 aromatic carbocycles. The van der Waals surface area contributed by atoms with Gasteiger partial charge in [0, 0.05) is 17.3 Å². The van der Waals surface area contributed by atoms with E-state index in [0.29, 0.717) is 34.0 Å².